The van der Waals surface area contributed by atoms with Crippen molar-refractivity contribution in [2.75, 3.05) is 27.9 Å². The minimum Gasteiger partial charge on any atom is -0.497 e. The normalized spacial score (nSPS) is 22.8. The number of benzene rings is 3. The summed E-state index contributed by atoms with van der Waals surface area (Å²) >= 11 is 0. The van der Waals surface area contributed by atoms with Gasteiger partial charge in [0.2, 0.25) is 5.79 Å². The van der Waals surface area contributed by atoms with Crippen molar-refractivity contribution in [3.63, 3.8) is 0 Å². The zero-order valence-electron chi connectivity index (χ0n) is 29.0. The Labute approximate surface area is 285 Å². The summed E-state index contributed by atoms with van der Waals surface area (Å²) in [6.45, 7) is 7.37. The van der Waals surface area contributed by atoms with Gasteiger partial charge in [0.15, 0.2) is 0 Å². The molecule has 9 nitrogen and oxygen atoms in total. The highest BCUT2D eigenvalue weighted by Crippen LogP contribution is 2.45. The van der Waals surface area contributed by atoms with Crippen LogP contribution in [0.5, 0.6) is 11.5 Å². The van der Waals surface area contributed by atoms with Crippen LogP contribution in [0.1, 0.15) is 50.3 Å². The van der Waals surface area contributed by atoms with Gasteiger partial charge in [0.05, 0.1) is 65.1 Å². The Morgan fingerprint density at radius 2 is 1.38 bits per heavy atom. The Morgan fingerprint density at radius 3 is 1.96 bits per heavy atom. The molecule has 0 aromatic heterocycles. The second-order valence-electron chi connectivity index (χ2n) is 12.8. The number of ether oxygens (including phenoxy) is 7. The molecule has 262 valence electrons. The molecule has 6 atom stereocenters. The molecule has 0 spiro atoms. The van der Waals surface area contributed by atoms with Gasteiger partial charge < -0.3 is 43.4 Å². The maximum atomic E-state index is 11.3. The molecule has 1 fully saturated rings. The van der Waals surface area contributed by atoms with Crippen LogP contribution in [0, 0.1) is 5.41 Å². The van der Waals surface area contributed by atoms with E-state index in [1.54, 1.807) is 14.2 Å². The van der Waals surface area contributed by atoms with Crippen LogP contribution in [0.25, 0.3) is 0 Å². The first-order chi connectivity index (χ1) is 23.1. The van der Waals surface area contributed by atoms with Gasteiger partial charge in [0.1, 0.15) is 17.6 Å². The topological polar surface area (TPSA) is 105 Å². The first-order valence-corrected chi connectivity index (χ1v) is 16.5. The molecular formula is C39H52O9. The van der Waals surface area contributed by atoms with Gasteiger partial charge >= 0.3 is 0 Å². The number of methoxy groups -OCH3 is 3. The molecule has 9 heteroatoms. The largest absolute Gasteiger partial charge is 0.497 e. The number of hydrogen-bond acceptors (Lipinski definition) is 9. The van der Waals surface area contributed by atoms with Crippen molar-refractivity contribution in [3.05, 3.63) is 108 Å². The van der Waals surface area contributed by atoms with Crippen molar-refractivity contribution in [2.24, 2.45) is 5.41 Å². The van der Waals surface area contributed by atoms with Crippen LogP contribution in [-0.4, -0.2) is 74.5 Å². The van der Waals surface area contributed by atoms with Crippen molar-refractivity contribution in [3.8, 4) is 11.5 Å². The summed E-state index contributed by atoms with van der Waals surface area (Å²) in [6, 6.07) is 25.4. The summed E-state index contributed by atoms with van der Waals surface area (Å²) in [5.74, 6) is 0.0340. The van der Waals surface area contributed by atoms with E-state index in [9.17, 15) is 10.2 Å². The van der Waals surface area contributed by atoms with E-state index in [1.165, 1.54) is 7.11 Å². The lowest BCUT2D eigenvalue weighted by Crippen LogP contribution is -2.65. The number of aliphatic hydroxyl groups is 2. The fraction of sp³-hybridized carbons (Fsp3) is 0.487. The highest BCUT2D eigenvalue weighted by molar-refractivity contribution is 5.27. The fourth-order valence-electron chi connectivity index (χ4n) is 6.04. The smallest absolute Gasteiger partial charge is 0.205 e. The van der Waals surface area contributed by atoms with E-state index < -0.39 is 29.5 Å². The molecule has 3 aromatic rings. The Morgan fingerprint density at radius 1 is 0.812 bits per heavy atom. The fourth-order valence-corrected chi connectivity index (χ4v) is 6.04. The molecule has 48 heavy (non-hydrogen) atoms. The van der Waals surface area contributed by atoms with Crippen molar-refractivity contribution in [1.82, 2.24) is 0 Å². The predicted octanol–water partition coefficient (Wildman–Crippen LogP) is 6.24. The third-order valence-electron chi connectivity index (χ3n) is 8.98. The molecule has 0 amide bonds. The number of hydrogen-bond donors (Lipinski definition) is 2. The molecule has 1 aliphatic heterocycles. The third kappa shape index (κ3) is 9.89. The molecule has 1 aliphatic rings. The first kappa shape index (κ1) is 37.5. The van der Waals surface area contributed by atoms with Gasteiger partial charge in [-0.3, -0.25) is 0 Å². The maximum Gasteiger partial charge on any atom is 0.205 e. The van der Waals surface area contributed by atoms with Crippen LogP contribution in [0.4, 0.5) is 0 Å². The van der Waals surface area contributed by atoms with E-state index in [2.05, 4.69) is 0 Å². The Bertz CT molecular complexity index is 1380. The van der Waals surface area contributed by atoms with Crippen LogP contribution in [0.3, 0.4) is 0 Å². The minimum absolute atomic E-state index is 0.213. The number of rotatable bonds is 18. The van der Waals surface area contributed by atoms with Crippen LogP contribution in [-0.2, 0) is 43.5 Å². The highest BCUT2D eigenvalue weighted by Gasteiger charge is 2.58. The summed E-state index contributed by atoms with van der Waals surface area (Å²) < 4.78 is 41.8. The van der Waals surface area contributed by atoms with Crippen LogP contribution >= 0.6 is 0 Å². The van der Waals surface area contributed by atoms with E-state index in [4.69, 9.17) is 33.2 Å². The zero-order valence-corrected chi connectivity index (χ0v) is 29.0. The Hall–Kier alpha value is -3.28. The second-order valence-corrected chi connectivity index (χ2v) is 12.8. The molecule has 1 saturated heterocycles. The van der Waals surface area contributed by atoms with Gasteiger partial charge in [0.25, 0.3) is 0 Å². The lowest BCUT2D eigenvalue weighted by Gasteiger charge is -2.53. The van der Waals surface area contributed by atoms with E-state index in [0.717, 1.165) is 28.2 Å². The SMILES string of the molecule is COc1ccc(COC/C=C/C(C)(C)[C@]2(OC)O[C@H](CC(OCc3ccc(OC)cc3)[C@H](C)OCc3ccccc3)CC(O)[C@@H]2O)cc1. The summed E-state index contributed by atoms with van der Waals surface area (Å²) in [4.78, 5) is 0. The minimum atomic E-state index is -1.53. The molecule has 0 bridgehead atoms. The molecule has 0 radical (unpaired) electrons. The van der Waals surface area contributed by atoms with Gasteiger partial charge in [-0.25, -0.2) is 0 Å². The predicted molar refractivity (Wildman–Crippen MR) is 184 cm³/mol. The van der Waals surface area contributed by atoms with Crippen LogP contribution < -0.4 is 9.47 Å². The van der Waals surface area contributed by atoms with Crippen molar-refractivity contribution in [2.45, 2.75) is 89.7 Å². The maximum absolute atomic E-state index is 11.3. The van der Waals surface area contributed by atoms with Crippen LogP contribution in [0.15, 0.2) is 91.0 Å². The average molecular weight is 665 g/mol. The monoisotopic (exact) mass is 664 g/mol. The summed E-state index contributed by atoms with van der Waals surface area (Å²) in [6.07, 6.45) is 0.867. The molecule has 1 heterocycles. The molecule has 2 N–H and O–H groups in total. The van der Waals surface area contributed by atoms with Crippen molar-refractivity contribution >= 4 is 0 Å². The van der Waals surface area contributed by atoms with E-state index in [1.807, 2.05) is 112 Å². The van der Waals surface area contributed by atoms with E-state index in [0.29, 0.717) is 32.8 Å². The van der Waals surface area contributed by atoms with Crippen molar-refractivity contribution < 1.29 is 43.4 Å². The molecule has 3 aromatic carbocycles. The molecule has 0 aliphatic carbocycles. The number of aliphatic hydroxyl groups excluding tert-OH is 2. The van der Waals surface area contributed by atoms with Crippen molar-refractivity contribution in [1.29, 1.82) is 0 Å². The van der Waals surface area contributed by atoms with E-state index in [-0.39, 0.29) is 18.6 Å². The first-order valence-electron chi connectivity index (χ1n) is 16.5. The molecule has 4 rings (SSSR count). The lowest BCUT2D eigenvalue weighted by atomic mass is 9.75. The summed E-state index contributed by atoms with van der Waals surface area (Å²) in [7, 11) is 4.77. The van der Waals surface area contributed by atoms with Gasteiger partial charge in [-0.05, 0) is 47.9 Å². The average Bonchev–Trinajstić information content (AvgIpc) is 3.11. The molecular weight excluding hydrogens is 612 g/mol. The molecule has 2 unspecified atom stereocenters. The zero-order chi connectivity index (χ0) is 34.6. The van der Waals surface area contributed by atoms with Gasteiger partial charge in [-0.2, -0.15) is 0 Å². The third-order valence-corrected chi connectivity index (χ3v) is 8.98. The van der Waals surface area contributed by atoms with E-state index >= 15 is 0 Å². The lowest BCUT2D eigenvalue weighted by molar-refractivity contribution is -0.367. The summed E-state index contributed by atoms with van der Waals surface area (Å²) in [5.41, 5.74) is 2.23. The second kappa shape index (κ2) is 17.9. The van der Waals surface area contributed by atoms with Gasteiger partial charge in [-0.1, -0.05) is 80.6 Å². The standard InChI is InChI=1S/C39H52O9/c1-28(46-26-29-11-8-7-9-12-29)36(47-27-31-15-19-33(43-5)20-16-31)24-34-23-35(40)37(41)39(44-6,48-34)38(2,3)21-10-22-45-25-30-13-17-32(42-4)18-14-30/h7-21,28,34-37,40-41H,22-27H2,1-6H3/b21-10+/t28-,34-,35?,36?,37-,39+/m0/s1. The highest BCUT2D eigenvalue weighted by atomic mass is 16.7. The van der Waals surface area contributed by atoms with Gasteiger partial charge in [-0.15, -0.1) is 0 Å². The molecule has 0 saturated carbocycles. The Kier molecular flexibility index (Phi) is 14.0. The quantitative estimate of drug-likeness (QED) is 0.121. The summed E-state index contributed by atoms with van der Waals surface area (Å²) in [5, 5.41) is 22.5. The Balaban J connectivity index is 1.45. The van der Waals surface area contributed by atoms with Crippen LogP contribution in [0.2, 0.25) is 0 Å². The van der Waals surface area contributed by atoms with Gasteiger partial charge in [0, 0.05) is 25.4 Å².